The highest BCUT2D eigenvalue weighted by molar-refractivity contribution is 5.01. The van der Waals surface area contributed by atoms with E-state index in [-0.39, 0.29) is 0 Å². The predicted molar refractivity (Wildman–Crippen MR) is 69.4 cm³/mol. The molecule has 1 aliphatic heterocycles. The van der Waals surface area contributed by atoms with Gasteiger partial charge in [-0.15, -0.1) is 0 Å². The first-order valence-corrected chi connectivity index (χ1v) is 6.96. The van der Waals surface area contributed by atoms with E-state index in [0.29, 0.717) is 11.0 Å². The fraction of sp³-hybridized carbons (Fsp3) is 1.00. The number of nitrogens with zero attached hydrogens (tertiary/aromatic N) is 1. The van der Waals surface area contributed by atoms with Crippen molar-refractivity contribution in [3.05, 3.63) is 0 Å². The van der Waals surface area contributed by atoms with Crippen molar-refractivity contribution in [1.29, 1.82) is 0 Å². The molecule has 0 radical (unpaired) electrons. The zero-order chi connectivity index (χ0) is 11.8. The van der Waals surface area contributed by atoms with Crippen molar-refractivity contribution in [3.63, 3.8) is 0 Å². The third kappa shape index (κ3) is 2.14. The molecule has 1 saturated heterocycles. The second kappa shape index (κ2) is 4.30. The van der Waals surface area contributed by atoms with Crippen LogP contribution in [0.15, 0.2) is 0 Å². The molecule has 0 spiro atoms. The fourth-order valence-corrected chi connectivity index (χ4v) is 3.64. The molecule has 2 nitrogen and oxygen atoms in total. The van der Waals surface area contributed by atoms with Crippen LogP contribution in [0.3, 0.4) is 0 Å². The van der Waals surface area contributed by atoms with E-state index in [1.165, 1.54) is 45.1 Å². The zero-order valence-electron chi connectivity index (χ0n) is 11.3. The normalized spacial score (nSPS) is 34.1. The molecule has 1 unspecified atom stereocenters. The molecule has 1 saturated carbocycles. The van der Waals surface area contributed by atoms with E-state index in [1.807, 2.05) is 0 Å². The molecule has 0 aromatic heterocycles. The zero-order valence-corrected chi connectivity index (χ0v) is 11.3. The van der Waals surface area contributed by atoms with Crippen molar-refractivity contribution in [2.24, 2.45) is 11.1 Å². The molecule has 2 fully saturated rings. The van der Waals surface area contributed by atoms with Gasteiger partial charge in [0.25, 0.3) is 0 Å². The van der Waals surface area contributed by atoms with Gasteiger partial charge in [0.15, 0.2) is 0 Å². The molecule has 2 heteroatoms. The van der Waals surface area contributed by atoms with Gasteiger partial charge in [-0.2, -0.15) is 0 Å². The molecule has 2 rings (SSSR count). The molecule has 94 valence electrons. The molecule has 1 atom stereocenters. The van der Waals surface area contributed by atoms with E-state index in [4.69, 9.17) is 5.73 Å². The first-order chi connectivity index (χ1) is 7.49. The molecular weight excluding hydrogens is 196 g/mol. The molecule has 1 aliphatic carbocycles. The summed E-state index contributed by atoms with van der Waals surface area (Å²) in [7, 11) is 0. The summed E-state index contributed by atoms with van der Waals surface area (Å²) in [6, 6.07) is 0.754. The number of likely N-dealkylation sites (tertiary alicyclic amines) is 1. The third-order valence-electron chi connectivity index (χ3n) is 5.08. The quantitative estimate of drug-likeness (QED) is 0.781. The van der Waals surface area contributed by atoms with Gasteiger partial charge in [0.05, 0.1) is 0 Å². The highest BCUT2D eigenvalue weighted by Gasteiger charge is 2.44. The maximum atomic E-state index is 6.13. The van der Waals surface area contributed by atoms with Crippen LogP contribution in [0.25, 0.3) is 0 Å². The minimum Gasteiger partial charge on any atom is -0.329 e. The number of hydrogen-bond acceptors (Lipinski definition) is 2. The minimum atomic E-state index is 0.339. The molecule has 0 aromatic rings. The van der Waals surface area contributed by atoms with Crippen molar-refractivity contribution in [2.45, 2.75) is 70.9 Å². The first-order valence-electron chi connectivity index (χ1n) is 6.96. The van der Waals surface area contributed by atoms with E-state index in [0.717, 1.165) is 12.6 Å². The van der Waals surface area contributed by atoms with Gasteiger partial charge in [-0.1, -0.05) is 13.8 Å². The molecule has 16 heavy (non-hydrogen) atoms. The Hall–Kier alpha value is -0.0800. The van der Waals surface area contributed by atoms with Gasteiger partial charge in [-0.3, -0.25) is 4.90 Å². The standard InChI is InChI=1S/C14H28N2/c1-12-5-4-10-16(12)14(11-15)8-6-13(2,3)7-9-14/h12H,4-11,15H2,1-3H3. The van der Waals surface area contributed by atoms with E-state index < -0.39 is 0 Å². The summed E-state index contributed by atoms with van der Waals surface area (Å²) in [4.78, 5) is 2.72. The van der Waals surface area contributed by atoms with Crippen LogP contribution in [0, 0.1) is 5.41 Å². The van der Waals surface area contributed by atoms with Gasteiger partial charge in [0.1, 0.15) is 0 Å². The van der Waals surface area contributed by atoms with Crippen molar-refractivity contribution < 1.29 is 0 Å². The third-order valence-corrected chi connectivity index (χ3v) is 5.08. The summed E-state index contributed by atoms with van der Waals surface area (Å²) in [6.45, 7) is 9.32. The number of nitrogens with two attached hydrogens (primary N) is 1. The van der Waals surface area contributed by atoms with Crippen LogP contribution in [0.5, 0.6) is 0 Å². The monoisotopic (exact) mass is 224 g/mol. The van der Waals surface area contributed by atoms with E-state index >= 15 is 0 Å². The van der Waals surface area contributed by atoms with Gasteiger partial charge in [0, 0.05) is 18.1 Å². The smallest absolute Gasteiger partial charge is 0.0334 e. The highest BCUT2D eigenvalue weighted by Crippen LogP contribution is 2.44. The lowest BCUT2D eigenvalue weighted by Gasteiger charge is -2.50. The largest absolute Gasteiger partial charge is 0.329 e. The topological polar surface area (TPSA) is 29.3 Å². The van der Waals surface area contributed by atoms with Gasteiger partial charge in [-0.05, 0) is 57.4 Å². The van der Waals surface area contributed by atoms with Gasteiger partial charge < -0.3 is 5.73 Å². The van der Waals surface area contributed by atoms with Crippen LogP contribution >= 0.6 is 0 Å². The van der Waals surface area contributed by atoms with Gasteiger partial charge in [0.2, 0.25) is 0 Å². The van der Waals surface area contributed by atoms with E-state index in [9.17, 15) is 0 Å². The number of hydrogen-bond donors (Lipinski definition) is 1. The summed E-state index contributed by atoms with van der Waals surface area (Å²) in [5, 5.41) is 0. The average molecular weight is 224 g/mol. The van der Waals surface area contributed by atoms with Crippen molar-refractivity contribution in [3.8, 4) is 0 Å². The van der Waals surface area contributed by atoms with Crippen LogP contribution in [-0.4, -0.2) is 29.6 Å². The average Bonchev–Trinajstić information content (AvgIpc) is 2.66. The van der Waals surface area contributed by atoms with Crippen LogP contribution < -0.4 is 5.73 Å². The second-order valence-corrected chi connectivity index (χ2v) is 6.78. The van der Waals surface area contributed by atoms with Crippen LogP contribution in [0.2, 0.25) is 0 Å². The van der Waals surface area contributed by atoms with Gasteiger partial charge in [-0.25, -0.2) is 0 Å². The Morgan fingerprint density at radius 1 is 1.19 bits per heavy atom. The van der Waals surface area contributed by atoms with Crippen molar-refractivity contribution in [1.82, 2.24) is 4.90 Å². The van der Waals surface area contributed by atoms with Crippen molar-refractivity contribution >= 4 is 0 Å². The number of rotatable bonds is 2. The van der Waals surface area contributed by atoms with Crippen molar-refractivity contribution in [2.75, 3.05) is 13.1 Å². The summed E-state index contributed by atoms with van der Waals surface area (Å²) in [6.07, 6.45) is 8.03. The van der Waals surface area contributed by atoms with Gasteiger partial charge >= 0.3 is 0 Å². The van der Waals surface area contributed by atoms with Crippen LogP contribution in [0.4, 0.5) is 0 Å². The summed E-state index contributed by atoms with van der Waals surface area (Å²) in [5.74, 6) is 0. The first kappa shape index (κ1) is 12.4. The summed E-state index contributed by atoms with van der Waals surface area (Å²) >= 11 is 0. The lowest BCUT2D eigenvalue weighted by molar-refractivity contribution is 0.0183. The Balaban J connectivity index is 2.09. The molecular formula is C14H28N2. The lowest BCUT2D eigenvalue weighted by atomic mass is 9.68. The predicted octanol–water partition coefficient (Wildman–Crippen LogP) is 2.77. The van der Waals surface area contributed by atoms with E-state index in [2.05, 4.69) is 25.7 Å². The van der Waals surface area contributed by atoms with E-state index in [1.54, 1.807) is 0 Å². The molecule has 2 aliphatic rings. The van der Waals surface area contributed by atoms with Crippen LogP contribution in [-0.2, 0) is 0 Å². The molecule has 1 heterocycles. The highest BCUT2D eigenvalue weighted by atomic mass is 15.2. The Labute approximate surface area is 101 Å². The second-order valence-electron chi connectivity index (χ2n) is 6.78. The Kier molecular flexibility index (Phi) is 3.33. The maximum absolute atomic E-state index is 6.13. The minimum absolute atomic E-state index is 0.339. The summed E-state index contributed by atoms with van der Waals surface area (Å²) in [5.41, 5.74) is 7.01. The Morgan fingerprint density at radius 3 is 2.25 bits per heavy atom. The maximum Gasteiger partial charge on any atom is 0.0334 e. The molecule has 0 aromatic carbocycles. The Morgan fingerprint density at radius 2 is 1.81 bits per heavy atom. The molecule has 0 amide bonds. The lowest BCUT2D eigenvalue weighted by Crippen LogP contribution is -2.57. The Bertz CT molecular complexity index is 237. The molecule has 2 N–H and O–H groups in total. The molecule has 0 bridgehead atoms. The fourth-order valence-electron chi connectivity index (χ4n) is 3.64. The SMILES string of the molecule is CC1CCCN1C1(CN)CCC(C)(C)CC1. The summed E-state index contributed by atoms with van der Waals surface area (Å²) < 4.78 is 0. The van der Waals surface area contributed by atoms with Crippen LogP contribution in [0.1, 0.15) is 59.3 Å².